The van der Waals surface area contributed by atoms with Crippen LogP contribution in [0.5, 0.6) is 5.75 Å². The van der Waals surface area contributed by atoms with E-state index in [0.29, 0.717) is 0 Å². The topological polar surface area (TPSA) is 9.23 Å². The Morgan fingerprint density at radius 2 is 1.00 bits per heavy atom. The van der Waals surface area contributed by atoms with E-state index in [2.05, 4.69) is 86.4 Å². The fourth-order valence-electron chi connectivity index (χ4n) is 3.34. The Bertz CT molecular complexity index is 983. The Hall–Kier alpha value is -2.32. The summed E-state index contributed by atoms with van der Waals surface area (Å²) < 4.78 is 6.41. The van der Waals surface area contributed by atoms with Crippen LogP contribution >= 0.6 is 0 Å². The lowest BCUT2D eigenvalue weighted by molar-refractivity contribution is 0.564. The maximum absolute atomic E-state index is 6.41. The summed E-state index contributed by atoms with van der Waals surface area (Å²) in [6, 6.07) is 23.7. The molecule has 0 aromatic heterocycles. The molecule has 0 amide bonds. The van der Waals surface area contributed by atoms with Crippen molar-refractivity contribution in [3.8, 4) is 5.75 Å². The Morgan fingerprint density at radius 1 is 0.565 bits per heavy atom. The van der Waals surface area contributed by atoms with Gasteiger partial charge in [0.2, 0.25) is 8.32 Å². The molecule has 4 aromatic carbocycles. The number of rotatable bonds is 2. The zero-order valence-electron chi connectivity index (χ0n) is 13.8. The Balaban J connectivity index is 2.24. The van der Waals surface area contributed by atoms with Crippen molar-refractivity contribution in [3.63, 3.8) is 0 Å². The summed E-state index contributed by atoms with van der Waals surface area (Å²) in [5, 5.41) is 7.68. The van der Waals surface area contributed by atoms with Gasteiger partial charge in [-0.2, -0.15) is 0 Å². The monoisotopic (exact) mass is 316 g/mol. The van der Waals surface area contributed by atoms with Crippen molar-refractivity contribution in [3.05, 3.63) is 66.7 Å². The lowest BCUT2D eigenvalue weighted by Crippen LogP contribution is -2.29. The molecule has 0 aliphatic rings. The molecule has 0 fully saturated rings. The summed E-state index contributed by atoms with van der Waals surface area (Å²) in [4.78, 5) is 0. The smallest absolute Gasteiger partial charge is 0.242 e. The SMILES string of the molecule is C[Si](C)(C)Oc1cccc2c3ccccc3c3ccccc3c12. The van der Waals surface area contributed by atoms with Crippen LogP contribution in [0.2, 0.25) is 19.6 Å². The second kappa shape index (κ2) is 5.10. The van der Waals surface area contributed by atoms with Gasteiger partial charge in [-0.15, -0.1) is 0 Å². The van der Waals surface area contributed by atoms with Crippen molar-refractivity contribution in [2.24, 2.45) is 0 Å². The van der Waals surface area contributed by atoms with Crippen LogP contribution in [0, 0.1) is 0 Å². The number of hydrogen-bond donors (Lipinski definition) is 0. The molecule has 0 unspecified atom stereocenters. The second-order valence-electron chi connectivity index (χ2n) is 6.98. The number of hydrogen-bond acceptors (Lipinski definition) is 1. The molecule has 0 radical (unpaired) electrons. The predicted octanol–water partition coefficient (Wildman–Crippen LogP) is 6.36. The highest BCUT2D eigenvalue weighted by Gasteiger charge is 2.19. The van der Waals surface area contributed by atoms with Crippen molar-refractivity contribution in [1.82, 2.24) is 0 Å². The van der Waals surface area contributed by atoms with Gasteiger partial charge in [-0.05, 0) is 52.6 Å². The van der Waals surface area contributed by atoms with Crippen LogP contribution in [-0.4, -0.2) is 8.32 Å². The second-order valence-corrected chi connectivity index (χ2v) is 11.4. The van der Waals surface area contributed by atoms with Crippen LogP contribution < -0.4 is 4.43 Å². The van der Waals surface area contributed by atoms with Gasteiger partial charge < -0.3 is 4.43 Å². The van der Waals surface area contributed by atoms with Crippen LogP contribution in [0.4, 0.5) is 0 Å². The van der Waals surface area contributed by atoms with E-state index in [4.69, 9.17) is 4.43 Å². The van der Waals surface area contributed by atoms with E-state index in [0.717, 1.165) is 5.75 Å². The highest BCUT2D eigenvalue weighted by molar-refractivity contribution is 6.70. The molecule has 4 rings (SSSR count). The zero-order chi connectivity index (χ0) is 16.0. The lowest BCUT2D eigenvalue weighted by Gasteiger charge is -2.22. The van der Waals surface area contributed by atoms with Gasteiger partial charge in [0.25, 0.3) is 0 Å². The first-order chi connectivity index (χ1) is 11.0. The summed E-state index contributed by atoms with van der Waals surface area (Å²) in [7, 11) is -1.67. The van der Waals surface area contributed by atoms with E-state index in [1.54, 1.807) is 0 Å². The average molecular weight is 316 g/mol. The maximum atomic E-state index is 6.41. The van der Waals surface area contributed by atoms with E-state index < -0.39 is 8.32 Å². The van der Waals surface area contributed by atoms with E-state index in [1.807, 2.05) is 0 Å². The summed E-state index contributed by atoms with van der Waals surface area (Å²) >= 11 is 0. The van der Waals surface area contributed by atoms with Crippen molar-refractivity contribution < 1.29 is 4.43 Å². The highest BCUT2D eigenvalue weighted by Crippen LogP contribution is 2.39. The molecule has 0 saturated carbocycles. The minimum Gasteiger partial charge on any atom is -0.544 e. The van der Waals surface area contributed by atoms with E-state index in [-0.39, 0.29) is 0 Å². The van der Waals surface area contributed by atoms with Crippen molar-refractivity contribution in [1.29, 1.82) is 0 Å². The van der Waals surface area contributed by atoms with Gasteiger partial charge >= 0.3 is 0 Å². The fourth-order valence-corrected chi connectivity index (χ4v) is 4.17. The van der Waals surface area contributed by atoms with Gasteiger partial charge in [0.1, 0.15) is 5.75 Å². The Kier molecular flexibility index (Phi) is 3.17. The van der Waals surface area contributed by atoms with Crippen molar-refractivity contribution in [2.45, 2.75) is 19.6 Å². The third-order valence-corrected chi connectivity index (χ3v) is 4.98. The largest absolute Gasteiger partial charge is 0.544 e. The third-order valence-electron chi connectivity index (χ3n) is 4.15. The molecule has 0 saturated heterocycles. The standard InChI is InChI=1S/C21H20OSi/c1-23(2,3)22-20-14-8-13-19-17-10-5-4-9-15(17)16-11-6-7-12-18(16)21(19)20/h4-14H,1-3H3. The van der Waals surface area contributed by atoms with E-state index in [9.17, 15) is 0 Å². The van der Waals surface area contributed by atoms with Gasteiger partial charge in [0.05, 0.1) is 0 Å². The van der Waals surface area contributed by atoms with E-state index >= 15 is 0 Å². The van der Waals surface area contributed by atoms with E-state index in [1.165, 1.54) is 32.3 Å². The number of benzene rings is 4. The van der Waals surface area contributed by atoms with Gasteiger partial charge in [-0.25, -0.2) is 0 Å². The molecule has 0 atom stereocenters. The van der Waals surface area contributed by atoms with Gasteiger partial charge in [0.15, 0.2) is 0 Å². The van der Waals surface area contributed by atoms with Crippen LogP contribution in [0.15, 0.2) is 66.7 Å². The molecule has 0 aliphatic carbocycles. The molecule has 0 bridgehead atoms. The van der Waals surface area contributed by atoms with Crippen LogP contribution in [0.25, 0.3) is 32.3 Å². The van der Waals surface area contributed by atoms with Crippen molar-refractivity contribution >= 4 is 40.6 Å². The van der Waals surface area contributed by atoms with Gasteiger partial charge in [-0.1, -0.05) is 60.7 Å². The fraction of sp³-hybridized carbons (Fsp3) is 0.143. The summed E-state index contributed by atoms with van der Waals surface area (Å²) in [6.45, 7) is 6.69. The van der Waals surface area contributed by atoms with Gasteiger partial charge in [-0.3, -0.25) is 0 Å². The molecule has 0 N–H and O–H groups in total. The maximum Gasteiger partial charge on any atom is 0.242 e. The first kappa shape index (κ1) is 14.3. The average Bonchev–Trinajstić information content (AvgIpc) is 2.54. The molecule has 23 heavy (non-hydrogen) atoms. The molecule has 2 heteroatoms. The van der Waals surface area contributed by atoms with Crippen LogP contribution in [-0.2, 0) is 0 Å². The Morgan fingerprint density at radius 3 is 1.52 bits per heavy atom. The minimum absolute atomic E-state index is 1.02. The molecule has 114 valence electrons. The van der Waals surface area contributed by atoms with Gasteiger partial charge in [0, 0.05) is 5.39 Å². The van der Waals surface area contributed by atoms with Crippen molar-refractivity contribution in [2.75, 3.05) is 0 Å². The molecule has 1 nitrogen and oxygen atoms in total. The minimum atomic E-state index is -1.67. The first-order valence-electron chi connectivity index (χ1n) is 8.06. The molecule has 0 heterocycles. The zero-order valence-corrected chi connectivity index (χ0v) is 14.8. The summed E-state index contributed by atoms with van der Waals surface area (Å²) in [5.74, 6) is 1.02. The lowest BCUT2D eigenvalue weighted by atomic mass is 9.94. The first-order valence-corrected chi connectivity index (χ1v) is 11.5. The molecule has 0 aliphatic heterocycles. The molecule has 0 spiro atoms. The molecular formula is C21H20OSi. The summed E-state index contributed by atoms with van der Waals surface area (Å²) in [5.41, 5.74) is 0. The van der Waals surface area contributed by atoms with Crippen LogP contribution in [0.3, 0.4) is 0 Å². The highest BCUT2D eigenvalue weighted by atomic mass is 28.4. The molecule has 4 aromatic rings. The summed E-state index contributed by atoms with van der Waals surface area (Å²) in [6.07, 6.45) is 0. The quantitative estimate of drug-likeness (QED) is 0.309. The third kappa shape index (κ3) is 2.39. The Labute approximate surface area is 137 Å². The normalized spacial score (nSPS) is 12.1. The molecular weight excluding hydrogens is 296 g/mol. The predicted molar refractivity (Wildman–Crippen MR) is 103 cm³/mol. The van der Waals surface area contributed by atoms with Crippen LogP contribution in [0.1, 0.15) is 0 Å². The number of fused-ring (bicyclic) bond motifs is 6.